The molecule has 2 N–H and O–H groups in total. The van der Waals surface area contributed by atoms with E-state index < -0.39 is 5.91 Å². The van der Waals surface area contributed by atoms with E-state index >= 15 is 0 Å². The van der Waals surface area contributed by atoms with Crippen molar-refractivity contribution >= 4 is 16.8 Å². The van der Waals surface area contributed by atoms with Gasteiger partial charge < -0.3 is 15.0 Å². The molecule has 0 saturated carbocycles. The fourth-order valence-electron chi connectivity index (χ4n) is 3.76. The molecule has 1 amide bonds. The Morgan fingerprint density at radius 1 is 1.30 bits per heavy atom. The van der Waals surface area contributed by atoms with Gasteiger partial charge in [-0.1, -0.05) is 0 Å². The largest absolute Gasteiger partial charge is 0.376 e. The molecule has 0 bridgehead atoms. The topological polar surface area (TPSA) is 119 Å². The zero-order valence-electron chi connectivity index (χ0n) is 17.0. The van der Waals surface area contributed by atoms with Gasteiger partial charge in [0.25, 0.3) is 5.91 Å². The molecule has 0 aromatic carbocycles. The van der Waals surface area contributed by atoms with Gasteiger partial charge in [0.2, 0.25) is 0 Å². The maximum absolute atomic E-state index is 11.8. The molecule has 1 atom stereocenters. The Kier molecular flexibility index (Phi) is 4.17. The van der Waals surface area contributed by atoms with Gasteiger partial charge >= 0.3 is 0 Å². The zero-order chi connectivity index (χ0) is 21.0. The lowest BCUT2D eigenvalue weighted by atomic mass is 10.2. The molecule has 1 fully saturated rings. The van der Waals surface area contributed by atoms with Gasteiger partial charge in [0, 0.05) is 32.3 Å². The Morgan fingerprint density at radius 3 is 2.80 bits per heavy atom. The van der Waals surface area contributed by atoms with Crippen LogP contribution in [-0.4, -0.2) is 52.7 Å². The molecule has 0 radical (unpaired) electrons. The Hall–Kier alpha value is -3.53. The molecule has 5 rings (SSSR count). The van der Waals surface area contributed by atoms with Crippen LogP contribution < -0.4 is 5.73 Å². The van der Waals surface area contributed by atoms with Crippen molar-refractivity contribution in [1.29, 1.82) is 0 Å². The summed E-state index contributed by atoms with van der Waals surface area (Å²) in [4.78, 5) is 21.2. The molecule has 0 spiro atoms. The van der Waals surface area contributed by atoms with Crippen molar-refractivity contribution in [3.8, 4) is 22.9 Å². The molecule has 10 nitrogen and oxygen atoms in total. The molecule has 4 aromatic heterocycles. The van der Waals surface area contributed by atoms with E-state index in [4.69, 9.17) is 15.5 Å². The monoisotopic (exact) mass is 406 g/mol. The lowest BCUT2D eigenvalue weighted by Gasteiger charge is -2.26. The van der Waals surface area contributed by atoms with E-state index in [-0.39, 0.29) is 11.8 Å². The van der Waals surface area contributed by atoms with Crippen LogP contribution in [0.5, 0.6) is 0 Å². The fourth-order valence-corrected chi connectivity index (χ4v) is 3.76. The summed E-state index contributed by atoms with van der Waals surface area (Å²) in [5, 5.41) is 9.71. The number of imidazole rings is 1. The number of nitrogens with zero attached hydrogens (tertiary/aromatic N) is 7. The Labute approximate surface area is 172 Å². The molecule has 4 aromatic rings. The van der Waals surface area contributed by atoms with Gasteiger partial charge in [-0.3, -0.25) is 14.2 Å². The van der Waals surface area contributed by atoms with Gasteiger partial charge in [0.1, 0.15) is 17.1 Å². The Bertz CT molecular complexity index is 1280. The first kappa shape index (κ1) is 18.5. The quantitative estimate of drug-likeness (QED) is 0.536. The minimum Gasteiger partial charge on any atom is -0.376 e. The van der Waals surface area contributed by atoms with Crippen LogP contribution in [0, 0.1) is 6.92 Å². The third-order valence-corrected chi connectivity index (χ3v) is 5.42. The highest BCUT2D eigenvalue weighted by Gasteiger charge is 2.23. The molecule has 1 aliphatic heterocycles. The number of aromatic nitrogens is 7. The number of nitrogens with two attached hydrogens (primary N) is 1. The van der Waals surface area contributed by atoms with Crippen LogP contribution >= 0.6 is 0 Å². The minimum absolute atomic E-state index is 0.175. The summed E-state index contributed by atoms with van der Waals surface area (Å²) in [7, 11) is 3.71. The summed E-state index contributed by atoms with van der Waals surface area (Å²) in [5.74, 6) is 0.0272. The summed E-state index contributed by atoms with van der Waals surface area (Å²) in [6, 6.07) is 3.66. The number of amides is 1. The van der Waals surface area contributed by atoms with Gasteiger partial charge in [-0.05, 0) is 25.5 Å². The molecule has 30 heavy (non-hydrogen) atoms. The molecular weight excluding hydrogens is 384 g/mol. The number of aryl methyl sites for hydroxylation is 3. The molecule has 154 valence electrons. The third kappa shape index (κ3) is 2.96. The highest BCUT2D eigenvalue weighted by atomic mass is 16.5. The highest BCUT2D eigenvalue weighted by Crippen LogP contribution is 2.30. The fraction of sp³-hybridized carbons (Fsp3) is 0.350. The zero-order valence-corrected chi connectivity index (χ0v) is 17.0. The van der Waals surface area contributed by atoms with Crippen LogP contribution in [0.1, 0.15) is 22.6 Å². The number of carbonyl (C=O) groups excluding carboxylic acids is 1. The van der Waals surface area contributed by atoms with E-state index in [9.17, 15) is 4.79 Å². The van der Waals surface area contributed by atoms with Crippen molar-refractivity contribution in [3.05, 3.63) is 35.9 Å². The molecule has 0 unspecified atom stereocenters. The van der Waals surface area contributed by atoms with E-state index in [0.29, 0.717) is 18.1 Å². The van der Waals surface area contributed by atoms with Gasteiger partial charge in [-0.15, -0.1) is 0 Å². The van der Waals surface area contributed by atoms with E-state index in [1.54, 1.807) is 16.9 Å². The van der Waals surface area contributed by atoms with Gasteiger partial charge in [0.05, 0.1) is 35.8 Å². The number of hydrogen-bond donors (Lipinski definition) is 1. The first-order valence-electron chi connectivity index (χ1n) is 9.73. The van der Waals surface area contributed by atoms with Crippen LogP contribution in [0.25, 0.3) is 33.8 Å². The van der Waals surface area contributed by atoms with Crippen molar-refractivity contribution in [1.82, 2.24) is 34.1 Å². The minimum atomic E-state index is -0.594. The molecule has 5 heterocycles. The van der Waals surface area contributed by atoms with Crippen LogP contribution in [-0.2, 0) is 25.4 Å². The van der Waals surface area contributed by atoms with Crippen molar-refractivity contribution in [2.24, 2.45) is 19.8 Å². The molecular formula is C20H22N8O2. The summed E-state index contributed by atoms with van der Waals surface area (Å²) >= 11 is 0. The SMILES string of the molecule is Cc1cc(-c2cn(C)c(-c3nc(C(N)=O)cc4c3cnn4C)n2)n(C[C@@H]2CCO2)n1. The normalized spacial score (nSPS) is 16.2. The summed E-state index contributed by atoms with van der Waals surface area (Å²) in [6.07, 6.45) is 4.88. The van der Waals surface area contributed by atoms with E-state index in [1.165, 1.54) is 0 Å². The van der Waals surface area contributed by atoms with Crippen LogP contribution in [0.15, 0.2) is 24.5 Å². The number of primary amides is 1. The second-order valence-corrected chi connectivity index (χ2v) is 7.62. The van der Waals surface area contributed by atoms with Crippen LogP contribution in [0.2, 0.25) is 0 Å². The predicted molar refractivity (Wildman–Crippen MR) is 110 cm³/mol. The number of ether oxygens (including phenoxy) is 1. The number of rotatable bonds is 5. The number of carbonyl (C=O) groups is 1. The molecule has 0 aliphatic carbocycles. The first-order valence-corrected chi connectivity index (χ1v) is 9.73. The summed E-state index contributed by atoms with van der Waals surface area (Å²) in [5.41, 5.74) is 9.62. The summed E-state index contributed by atoms with van der Waals surface area (Å²) < 4.78 is 11.1. The van der Waals surface area contributed by atoms with Crippen LogP contribution in [0.4, 0.5) is 0 Å². The molecule has 1 saturated heterocycles. The average Bonchev–Trinajstić information content (AvgIpc) is 3.35. The second kappa shape index (κ2) is 6.77. The van der Waals surface area contributed by atoms with Gasteiger partial charge in [-0.2, -0.15) is 10.2 Å². The maximum Gasteiger partial charge on any atom is 0.267 e. The molecule has 1 aliphatic rings. The van der Waals surface area contributed by atoms with E-state index in [0.717, 1.165) is 41.0 Å². The lowest BCUT2D eigenvalue weighted by molar-refractivity contribution is -0.0606. The van der Waals surface area contributed by atoms with E-state index in [1.807, 2.05) is 42.5 Å². The van der Waals surface area contributed by atoms with Gasteiger partial charge in [-0.25, -0.2) is 9.97 Å². The summed E-state index contributed by atoms with van der Waals surface area (Å²) in [6.45, 7) is 3.46. The van der Waals surface area contributed by atoms with Crippen LogP contribution in [0.3, 0.4) is 0 Å². The van der Waals surface area contributed by atoms with Gasteiger partial charge in [0.15, 0.2) is 5.82 Å². The number of fused-ring (bicyclic) bond motifs is 1. The first-order chi connectivity index (χ1) is 14.4. The predicted octanol–water partition coefficient (Wildman–Crippen LogP) is 1.43. The molecule has 10 heteroatoms. The second-order valence-electron chi connectivity index (χ2n) is 7.62. The third-order valence-electron chi connectivity index (χ3n) is 5.42. The van der Waals surface area contributed by atoms with Crippen molar-refractivity contribution in [2.45, 2.75) is 26.0 Å². The Balaban J connectivity index is 1.63. The maximum atomic E-state index is 11.8. The van der Waals surface area contributed by atoms with Crippen molar-refractivity contribution in [2.75, 3.05) is 6.61 Å². The highest BCUT2D eigenvalue weighted by molar-refractivity contribution is 5.99. The smallest absolute Gasteiger partial charge is 0.267 e. The van der Waals surface area contributed by atoms with E-state index in [2.05, 4.69) is 15.2 Å². The van der Waals surface area contributed by atoms with Crippen molar-refractivity contribution < 1.29 is 9.53 Å². The number of hydrogen-bond acceptors (Lipinski definition) is 6. The standard InChI is InChI=1S/C20H22N8O2/c1-11-6-17(28(25-11)9-12-4-5-30-12)15-10-26(2)20(24-15)18-13-8-22-27(3)16(13)7-14(23-18)19(21)29/h6-8,10,12H,4-5,9H2,1-3H3,(H2,21,29)/t12-/m0/s1. The lowest BCUT2D eigenvalue weighted by Crippen LogP contribution is -2.31. The average molecular weight is 406 g/mol. The van der Waals surface area contributed by atoms with Crippen molar-refractivity contribution in [3.63, 3.8) is 0 Å². The Morgan fingerprint density at radius 2 is 2.10 bits per heavy atom. The number of pyridine rings is 1.